The molecule has 3 amide bonds. The van der Waals surface area contributed by atoms with Crippen LogP contribution in [0.5, 0.6) is 11.5 Å². The molecule has 1 aliphatic rings. The standard InChI is InChI=1S/C13H24N2O4.C10H12N2O5.C7H4ClNO4.C3H9NO.CH2O3.2Na.H/c1-19-8-7-14-12(18)15-10-13(9-11(16)17)5-3-2-4-6-13;1-16-7-6-11-10(13)17-9-4-2-8(3-5-9)12(14)15;8-7(10)13-6-3-1-5(2-4-6)9(11)12;1-5-3-2-4;2-1-4-3;;;/h2-10H2,1H3,(H,16,17)(H2,14,15,18);2-5H,6-7H2,1H3,(H,11,13);1-4H;2-4H2,1H3;1,3H;;;/q;;;;;2*+1;-1/p-1. The van der Waals surface area contributed by atoms with Crippen molar-refractivity contribution in [1.29, 1.82) is 0 Å². The molecule has 1 aliphatic carbocycles. The molecule has 2 aromatic rings. The van der Waals surface area contributed by atoms with Gasteiger partial charge in [-0.15, -0.1) is 0 Å². The second-order valence-corrected chi connectivity index (χ2v) is 11.7. The van der Waals surface area contributed by atoms with Crippen molar-refractivity contribution in [2.45, 2.75) is 38.5 Å². The fourth-order valence-corrected chi connectivity index (χ4v) is 4.61. The molecule has 3 rings (SSSR count). The average Bonchev–Trinajstić information content (AvgIpc) is 3.19. The summed E-state index contributed by atoms with van der Waals surface area (Å²) >= 11 is 4.92. The summed E-state index contributed by atoms with van der Waals surface area (Å²) in [6.07, 6.45) is 4.48. The molecule has 1 fully saturated rings. The average molecular weight is 897 g/mol. The number of urea groups is 1. The van der Waals surface area contributed by atoms with Crippen LogP contribution >= 0.6 is 11.6 Å². The number of carbonyl (C=O) groups is 5. The van der Waals surface area contributed by atoms with Crippen molar-refractivity contribution < 1.29 is 133 Å². The monoisotopic (exact) mass is 896 g/mol. The molecule has 23 nitrogen and oxygen atoms in total. The number of methoxy groups -OCH3 is 3. The van der Waals surface area contributed by atoms with Gasteiger partial charge in [-0.3, -0.25) is 29.8 Å². The van der Waals surface area contributed by atoms with Gasteiger partial charge in [0.15, 0.2) is 0 Å². The van der Waals surface area contributed by atoms with Crippen molar-refractivity contribution in [2.24, 2.45) is 11.1 Å². The predicted molar refractivity (Wildman–Crippen MR) is 204 cm³/mol. The fourth-order valence-electron chi connectivity index (χ4n) is 4.52. The second kappa shape index (κ2) is 40.7. The molecule has 0 saturated heterocycles. The molecule has 0 aromatic heterocycles. The zero-order chi connectivity index (χ0) is 44.2. The number of rotatable bonds is 17. The van der Waals surface area contributed by atoms with Gasteiger partial charge in [0.05, 0.1) is 36.1 Å². The number of ether oxygens (including phenoxy) is 5. The summed E-state index contributed by atoms with van der Waals surface area (Å²) < 4.78 is 23.5. The molecule has 26 heteroatoms. The van der Waals surface area contributed by atoms with Gasteiger partial charge in [-0.05, 0) is 42.5 Å². The Morgan fingerprint density at radius 2 is 1.23 bits per heavy atom. The number of benzene rings is 2. The minimum Gasteiger partial charge on any atom is -1.00 e. The molecular weight excluding hydrogens is 846 g/mol. The largest absolute Gasteiger partial charge is 1.00 e. The normalized spacial score (nSPS) is 11.4. The van der Waals surface area contributed by atoms with E-state index in [1.165, 1.54) is 55.6 Å². The van der Waals surface area contributed by atoms with Gasteiger partial charge < -0.3 is 62.0 Å². The smallest absolute Gasteiger partial charge is 1.00 e. The first-order chi connectivity index (χ1) is 27.6. The zero-order valence-corrected chi connectivity index (χ0v) is 39.0. The summed E-state index contributed by atoms with van der Waals surface area (Å²) in [5, 5.41) is 46.0. The molecule has 6 N–H and O–H groups in total. The maximum atomic E-state index is 11.6. The van der Waals surface area contributed by atoms with E-state index >= 15 is 0 Å². The summed E-state index contributed by atoms with van der Waals surface area (Å²) in [6.45, 7) is 3.17. The molecule has 328 valence electrons. The number of carbonyl (C=O) groups excluding carboxylic acids is 4. The number of aliphatic carboxylic acids is 1. The summed E-state index contributed by atoms with van der Waals surface area (Å²) in [7, 11) is 4.72. The van der Waals surface area contributed by atoms with Gasteiger partial charge in [0.25, 0.3) is 17.8 Å². The van der Waals surface area contributed by atoms with E-state index in [0.29, 0.717) is 46.0 Å². The van der Waals surface area contributed by atoms with Crippen molar-refractivity contribution in [3.8, 4) is 11.5 Å². The quantitative estimate of drug-likeness (QED) is 0.0203. The van der Waals surface area contributed by atoms with Crippen LogP contribution in [0.2, 0.25) is 0 Å². The molecule has 0 unspecified atom stereocenters. The molecular formula is C34H51ClN6Na2O17. The number of halogens is 1. The maximum Gasteiger partial charge on any atom is 1.00 e. The zero-order valence-electron chi connectivity index (χ0n) is 35.2. The van der Waals surface area contributed by atoms with Gasteiger partial charge in [0.2, 0.25) is 0 Å². The molecule has 0 atom stereocenters. The molecule has 0 aliphatic heterocycles. The number of nitro benzene ring substituents is 2. The molecule has 0 radical (unpaired) electrons. The molecule has 2 aromatic carbocycles. The SMILES string of the molecule is COCCN.COCCNC(=O)NCC1(CC(=O)O)CCCCC1.COCCNC(=O)Oc1ccc([N+](=O)[O-])cc1.O=C(Cl)Oc1ccc([N+](=O)[O-])cc1.O=CO[O-].[H-].[Na+].[Na+]. The van der Waals surface area contributed by atoms with Crippen LogP contribution in [0.4, 0.5) is 25.8 Å². The summed E-state index contributed by atoms with van der Waals surface area (Å²) in [6, 6.07) is 9.99. The van der Waals surface area contributed by atoms with Crippen LogP contribution in [0, 0.1) is 25.6 Å². The Balaban J connectivity index is -0.000000230. The topological polar surface area (TPSA) is 332 Å². The first-order valence-corrected chi connectivity index (χ1v) is 17.5. The van der Waals surface area contributed by atoms with Gasteiger partial charge in [-0.2, -0.15) is 0 Å². The number of carboxylic acids is 1. The van der Waals surface area contributed by atoms with E-state index in [1.54, 1.807) is 14.2 Å². The van der Waals surface area contributed by atoms with Crippen molar-refractivity contribution in [3.05, 3.63) is 68.8 Å². The number of hydrogen-bond donors (Lipinski definition) is 5. The number of nitrogens with one attached hydrogen (secondary N) is 3. The summed E-state index contributed by atoms with van der Waals surface area (Å²) in [4.78, 5) is 74.7. The van der Waals surface area contributed by atoms with Gasteiger partial charge >= 0.3 is 82.6 Å². The number of amides is 3. The number of non-ortho nitro benzene ring substituents is 2. The second-order valence-electron chi connectivity index (χ2n) is 11.4. The Kier molecular flexibility index (Phi) is 42.7. The van der Waals surface area contributed by atoms with E-state index in [4.69, 9.17) is 46.7 Å². The van der Waals surface area contributed by atoms with E-state index in [2.05, 4.69) is 30.3 Å². The number of carboxylic acid groups (broad SMARTS) is 1. The van der Waals surface area contributed by atoms with Crippen molar-refractivity contribution >= 4 is 53.0 Å². The van der Waals surface area contributed by atoms with Crippen LogP contribution in [-0.2, 0) is 28.7 Å². The van der Waals surface area contributed by atoms with Crippen molar-refractivity contribution in [2.75, 3.05) is 67.3 Å². The molecule has 0 spiro atoms. The van der Waals surface area contributed by atoms with E-state index in [-0.39, 0.29) is 108 Å². The molecule has 60 heavy (non-hydrogen) atoms. The van der Waals surface area contributed by atoms with Crippen LogP contribution < -0.4 is 95.5 Å². The molecule has 1 saturated carbocycles. The van der Waals surface area contributed by atoms with Gasteiger partial charge in [0, 0.05) is 83.4 Å². The van der Waals surface area contributed by atoms with E-state index in [9.17, 15) is 39.4 Å². The third-order valence-corrected chi connectivity index (χ3v) is 7.17. The summed E-state index contributed by atoms with van der Waals surface area (Å²) in [5.41, 5.74) is 3.63. The number of nitro groups is 2. The van der Waals surface area contributed by atoms with Gasteiger partial charge in [0.1, 0.15) is 11.5 Å². The van der Waals surface area contributed by atoms with E-state index in [1.807, 2.05) is 0 Å². The Morgan fingerprint density at radius 1 is 0.800 bits per heavy atom. The molecule has 0 bridgehead atoms. The van der Waals surface area contributed by atoms with E-state index < -0.39 is 27.3 Å². The number of hydrogen-bond acceptors (Lipinski definition) is 17. The van der Waals surface area contributed by atoms with Crippen LogP contribution in [0.1, 0.15) is 40.0 Å². The Bertz CT molecular complexity index is 1500. The number of nitrogens with zero attached hydrogens (tertiary/aromatic N) is 2. The first-order valence-electron chi connectivity index (χ1n) is 17.1. The van der Waals surface area contributed by atoms with Crippen LogP contribution in [-0.4, -0.2) is 112 Å². The van der Waals surface area contributed by atoms with Crippen molar-refractivity contribution in [1.82, 2.24) is 16.0 Å². The molecule has 0 heterocycles. The number of nitrogens with two attached hydrogens (primary N) is 1. The predicted octanol–water partition coefficient (Wildman–Crippen LogP) is -2.83. The minimum absolute atomic E-state index is 0. The van der Waals surface area contributed by atoms with Crippen LogP contribution in [0.15, 0.2) is 48.5 Å². The van der Waals surface area contributed by atoms with Crippen LogP contribution in [0.3, 0.4) is 0 Å². The van der Waals surface area contributed by atoms with Crippen molar-refractivity contribution in [3.63, 3.8) is 0 Å². The Morgan fingerprint density at radius 3 is 1.58 bits per heavy atom. The van der Waals surface area contributed by atoms with Gasteiger partial charge in [-0.1, -0.05) is 19.3 Å². The third kappa shape index (κ3) is 35.1. The Hall–Kier alpha value is -3.72. The van der Waals surface area contributed by atoms with Gasteiger partial charge in [-0.25, -0.2) is 14.4 Å². The fraction of sp³-hybridized carbons (Fsp3) is 0.500. The summed E-state index contributed by atoms with van der Waals surface area (Å²) in [5.74, 6) is -0.375. The third-order valence-electron chi connectivity index (χ3n) is 7.10. The maximum absolute atomic E-state index is 11.6. The van der Waals surface area contributed by atoms with E-state index in [0.717, 1.165) is 32.1 Å². The minimum atomic E-state index is -0.978. The van der Waals surface area contributed by atoms with Crippen LogP contribution in [0.25, 0.3) is 0 Å². The first kappa shape index (κ1) is 62.9. The Labute approximate surface area is 396 Å².